The van der Waals surface area contributed by atoms with Crippen molar-refractivity contribution in [3.8, 4) is 6.07 Å². The number of carbonyl (C=O) groups excluding carboxylic acids is 2. The average molecular weight is 473 g/mol. The maximum Gasteiger partial charge on any atom is 0.258 e. The van der Waals surface area contributed by atoms with E-state index in [1.807, 2.05) is 9.47 Å². The molecule has 180 valence electrons. The third-order valence-electron chi connectivity index (χ3n) is 6.74. The number of piperidine rings is 1. The standard InChI is InChI=1S/C26H28N6O3/c27-15-19-5-4-6-20(13-19)24(33)30-26-29-22-14-21(25(34)31-9-2-1-3-10-31)16-28-23(22)32(26)17-18-7-11-35-12-8-18/h4-6,13-14,16,18H,1-3,7-12,17H2,(H,29,30,33). The molecule has 0 saturated carbocycles. The molecule has 2 amide bonds. The molecule has 3 aromatic rings. The highest BCUT2D eigenvalue weighted by Crippen LogP contribution is 2.25. The van der Waals surface area contributed by atoms with Crippen molar-refractivity contribution >= 4 is 28.9 Å². The van der Waals surface area contributed by atoms with E-state index in [1.54, 1.807) is 36.5 Å². The number of imidazole rings is 1. The summed E-state index contributed by atoms with van der Waals surface area (Å²) in [6.07, 6.45) is 6.64. The second-order valence-corrected chi connectivity index (χ2v) is 9.17. The fourth-order valence-electron chi connectivity index (χ4n) is 4.77. The lowest BCUT2D eigenvalue weighted by atomic mass is 10.0. The minimum atomic E-state index is -0.352. The van der Waals surface area contributed by atoms with Gasteiger partial charge in [0, 0.05) is 44.6 Å². The zero-order valence-corrected chi connectivity index (χ0v) is 19.6. The number of pyridine rings is 1. The molecule has 0 spiro atoms. The minimum Gasteiger partial charge on any atom is -0.381 e. The first-order chi connectivity index (χ1) is 17.1. The molecule has 9 nitrogen and oxygen atoms in total. The number of rotatable bonds is 5. The van der Waals surface area contributed by atoms with Crippen LogP contribution in [0.4, 0.5) is 5.95 Å². The summed E-state index contributed by atoms with van der Waals surface area (Å²) in [5.41, 5.74) is 2.50. The van der Waals surface area contributed by atoms with Crippen LogP contribution < -0.4 is 5.32 Å². The fraction of sp³-hybridized carbons (Fsp3) is 0.423. The summed E-state index contributed by atoms with van der Waals surface area (Å²) >= 11 is 0. The summed E-state index contributed by atoms with van der Waals surface area (Å²) in [6, 6.07) is 10.4. The van der Waals surface area contributed by atoms with Crippen molar-refractivity contribution in [2.75, 3.05) is 31.6 Å². The monoisotopic (exact) mass is 472 g/mol. The number of hydrogen-bond donors (Lipinski definition) is 1. The molecular weight excluding hydrogens is 444 g/mol. The zero-order valence-electron chi connectivity index (χ0n) is 19.6. The number of amides is 2. The Labute approximate surface area is 203 Å². The van der Waals surface area contributed by atoms with Crippen LogP contribution in [0.5, 0.6) is 0 Å². The molecule has 0 aliphatic carbocycles. The Morgan fingerprint density at radius 2 is 1.91 bits per heavy atom. The van der Waals surface area contributed by atoms with Gasteiger partial charge in [0.1, 0.15) is 5.52 Å². The van der Waals surface area contributed by atoms with Crippen molar-refractivity contribution in [3.05, 3.63) is 53.2 Å². The summed E-state index contributed by atoms with van der Waals surface area (Å²) in [7, 11) is 0. The molecule has 2 saturated heterocycles. The lowest BCUT2D eigenvalue weighted by Gasteiger charge is -2.26. The van der Waals surface area contributed by atoms with E-state index in [-0.39, 0.29) is 11.8 Å². The molecule has 2 aliphatic heterocycles. The summed E-state index contributed by atoms with van der Waals surface area (Å²) in [6.45, 7) is 3.58. The van der Waals surface area contributed by atoms with Crippen molar-refractivity contribution < 1.29 is 14.3 Å². The number of ether oxygens (including phenoxy) is 1. The summed E-state index contributed by atoms with van der Waals surface area (Å²) in [5.74, 6) is 0.372. The SMILES string of the molecule is N#Cc1cccc(C(=O)Nc2nc3cc(C(=O)N4CCCCC4)cnc3n2CC2CCOCC2)c1. The van der Waals surface area contributed by atoms with E-state index >= 15 is 0 Å². The van der Waals surface area contributed by atoms with E-state index < -0.39 is 0 Å². The molecule has 4 heterocycles. The second kappa shape index (κ2) is 10.2. The van der Waals surface area contributed by atoms with Gasteiger partial charge in [-0.05, 0) is 62.3 Å². The molecule has 2 aliphatic rings. The number of nitrogens with zero attached hydrogens (tertiary/aromatic N) is 5. The largest absolute Gasteiger partial charge is 0.381 e. The Kier molecular flexibility index (Phi) is 6.73. The fourth-order valence-corrected chi connectivity index (χ4v) is 4.77. The third kappa shape index (κ3) is 5.03. The second-order valence-electron chi connectivity index (χ2n) is 9.17. The first kappa shape index (κ1) is 23.0. The van der Waals surface area contributed by atoms with Crippen LogP contribution in [0.15, 0.2) is 36.5 Å². The first-order valence-corrected chi connectivity index (χ1v) is 12.2. The van der Waals surface area contributed by atoms with E-state index in [0.717, 1.165) is 45.2 Å². The normalized spacial score (nSPS) is 16.7. The van der Waals surface area contributed by atoms with Gasteiger partial charge in [-0.2, -0.15) is 5.26 Å². The van der Waals surface area contributed by atoms with Gasteiger partial charge in [0.05, 0.1) is 17.2 Å². The lowest BCUT2D eigenvalue weighted by Crippen LogP contribution is -2.35. The van der Waals surface area contributed by atoms with E-state index in [2.05, 4.69) is 21.4 Å². The smallest absolute Gasteiger partial charge is 0.258 e. The Hall–Kier alpha value is -3.77. The number of nitrogens with one attached hydrogen (secondary N) is 1. The zero-order chi connectivity index (χ0) is 24.2. The van der Waals surface area contributed by atoms with Crippen LogP contribution in [0, 0.1) is 17.2 Å². The predicted molar refractivity (Wildman–Crippen MR) is 130 cm³/mol. The summed E-state index contributed by atoms with van der Waals surface area (Å²) in [5, 5.41) is 12.1. The van der Waals surface area contributed by atoms with Crippen LogP contribution in [0.2, 0.25) is 0 Å². The topological polar surface area (TPSA) is 113 Å². The number of likely N-dealkylation sites (tertiary alicyclic amines) is 1. The number of hydrogen-bond acceptors (Lipinski definition) is 6. The predicted octanol–water partition coefficient (Wildman–Crippen LogP) is 3.61. The average Bonchev–Trinajstić information content (AvgIpc) is 3.25. The maximum atomic E-state index is 13.0. The molecule has 2 fully saturated rings. The summed E-state index contributed by atoms with van der Waals surface area (Å²) < 4.78 is 7.42. The van der Waals surface area contributed by atoms with Crippen LogP contribution in [-0.4, -0.2) is 57.6 Å². The number of fused-ring (bicyclic) bond motifs is 1. The van der Waals surface area contributed by atoms with Crippen LogP contribution in [0.1, 0.15) is 58.4 Å². The highest BCUT2D eigenvalue weighted by atomic mass is 16.5. The van der Waals surface area contributed by atoms with Crippen molar-refractivity contribution in [1.29, 1.82) is 5.26 Å². The number of nitriles is 1. The van der Waals surface area contributed by atoms with Crippen LogP contribution in [0.25, 0.3) is 11.2 Å². The summed E-state index contributed by atoms with van der Waals surface area (Å²) in [4.78, 5) is 37.2. The van der Waals surface area contributed by atoms with Gasteiger partial charge < -0.3 is 9.64 Å². The van der Waals surface area contributed by atoms with Crippen molar-refractivity contribution in [2.24, 2.45) is 5.92 Å². The minimum absolute atomic E-state index is 0.0306. The third-order valence-corrected chi connectivity index (χ3v) is 6.74. The molecule has 2 aromatic heterocycles. The lowest BCUT2D eigenvalue weighted by molar-refractivity contribution is 0.0616. The van der Waals surface area contributed by atoms with Gasteiger partial charge in [0.25, 0.3) is 11.8 Å². The number of anilines is 1. The van der Waals surface area contributed by atoms with Crippen LogP contribution in [-0.2, 0) is 11.3 Å². The highest BCUT2D eigenvalue weighted by molar-refractivity contribution is 6.04. The van der Waals surface area contributed by atoms with Gasteiger partial charge in [-0.1, -0.05) is 6.07 Å². The molecule has 5 rings (SSSR count). The Bertz CT molecular complexity index is 1280. The maximum absolute atomic E-state index is 13.0. The molecular formula is C26H28N6O3. The van der Waals surface area contributed by atoms with E-state index in [1.165, 1.54) is 0 Å². The first-order valence-electron chi connectivity index (χ1n) is 12.2. The van der Waals surface area contributed by atoms with E-state index in [9.17, 15) is 14.9 Å². The molecule has 0 atom stereocenters. The Morgan fingerprint density at radius 1 is 1.11 bits per heavy atom. The quantitative estimate of drug-likeness (QED) is 0.607. The van der Waals surface area contributed by atoms with Crippen LogP contribution >= 0.6 is 0 Å². The van der Waals surface area contributed by atoms with Crippen molar-refractivity contribution in [2.45, 2.75) is 38.6 Å². The molecule has 0 bridgehead atoms. The number of benzene rings is 1. The van der Waals surface area contributed by atoms with E-state index in [0.29, 0.717) is 59.5 Å². The van der Waals surface area contributed by atoms with Gasteiger partial charge in [-0.3, -0.25) is 19.5 Å². The molecule has 0 radical (unpaired) electrons. The number of aromatic nitrogens is 3. The van der Waals surface area contributed by atoms with Gasteiger partial charge in [-0.15, -0.1) is 0 Å². The van der Waals surface area contributed by atoms with Crippen molar-refractivity contribution in [1.82, 2.24) is 19.4 Å². The highest BCUT2D eigenvalue weighted by Gasteiger charge is 2.23. The Morgan fingerprint density at radius 3 is 2.69 bits per heavy atom. The Balaban J connectivity index is 1.47. The van der Waals surface area contributed by atoms with Crippen LogP contribution in [0.3, 0.4) is 0 Å². The molecule has 1 N–H and O–H groups in total. The van der Waals surface area contributed by atoms with Gasteiger partial charge in [0.15, 0.2) is 5.65 Å². The van der Waals surface area contributed by atoms with Crippen molar-refractivity contribution in [3.63, 3.8) is 0 Å². The molecule has 9 heteroatoms. The van der Waals surface area contributed by atoms with Gasteiger partial charge >= 0.3 is 0 Å². The molecule has 0 unspecified atom stereocenters. The van der Waals surface area contributed by atoms with Gasteiger partial charge in [0.2, 0.25) is 5.95 Å². The van der Waals surface area contributed by atoms with Gasteiger partial charge in [-0.25, -0.2) is 9.97 Å². The molecule has 35 heavy (non-hydrogen) atoms. The number of carbonyl (C=O) groups is 2. The van der Waals surface area contributed by atoms with E-state index in [4.69, 9.17) is 4.74 Å². The molecule has 1 aromatic carbocycles.